The highest BCUT2D eigenvalue weighted by Crippen LogP contribution is 2.26. The van der Waals surface area contributed by atoms with Crippen molar-refractivity contribution in [3.63, 3.8) is 0 Å². The van der Waals surface area contributed by atoms with Gasteiger partial charge < -0.3 is 14.8 Å². The van der Waals surface area contributed by atoms with Crippen molar-refractivity contribution in [1.82, 2.24) is 0 Å². The van der Waals surface area contributed by atoms with Gasteiger partial charge in [-0.3, -0.25) is 0 Å². The van der Waals surface area contributed by atoms with E-state index in [4.69, 9.17) is 9.47 Å². The van der Waals surface area contributed by atoms with Gasteiger partial charge in [0.05, 0.1) is 12.3 Å². The Hall–Kier alpha value is -2.00. The van der Waals surface area contributed by atoms with E-state index in [9.17, 15) is 0 Å². The molecule has 0 aliphatic heterocycles. The Balaban J connectivity index is 2.02. The van der Waals surface area contributed by atoms with Gasteiger partial charge >= 0.3 is 0 Å². The van der Waals surface area contributed by atoms with E-state index in [1.165, 1.54) is 11.1 Å². The van der Waals surface area contributed by atoms with Gasteiger partial charge in [-0.15, -0.1) is 0 Å². The maximum atomic E-state index is 5.76. The normalized spacial score (nSPS) is 10.3. The van der Waals surface area contributed by atoms with E-state index in [-0.39, 0.29) is 0 Å². The Morgan fingerprint density at radius 2 is 1.80 bits per heavy atom. The van der Waals surface area contributed by atoms with E-state index in [1.54, 1.807) is 7.11 Å². The zero-order valence-corrected chi connectivity index (χ0v) is 12.1. The summed E-state index contributed by atoms with van der Waals surface area (Å²) in [7, 11) is 1.67. The maximum Gasteiger partial charge on any atom is 0.142 e. The minimum absolute atomic E-state index is 0.556. The summed E-state index contributed by atoms with van der Waals surface area (Å²) in [6.07, 6.45) is 0. The first-order chi connectivity index (χ1) is 9.79. The molecule has 0 atom stereocenters. The first-order valence-electron chi connectivity index (χ1n) is 6.80. The van der Waals surface area contributed by atoms with Crippen LogP contribution in [-0.4, -0.2) is 20.3 Å². The van der Waals surface area contributed by atoms with E-state index < -0.39 is 0 Å². The van der Waals surface area contributed by atoms with Gasteiger partial charge in [-0.05, 0) is 30.2 Å². The van der Waals surface area contributed by atoms with Crippen molar-refractivity contribution in [3.8, 4) is 5.75 Å². The topological polar surface area (TPSA) is 30.5 Å². The fourth-order valence-corrected chi connectivity index (χ4v) is 1.92. The summed E-state index contributed by atoms with van der Waals surface area (Å²) in [5.74, 6) is 0.873. The highest BCUT2D eigenvalue weighted by atomic mass is 16.5. The van der Waals surface area contributed by atoms with E-state index >= 15 is 0 Å². The van der Waals surface area contributed by atoms with E-state index in [0.717, 1.165) is 18.0 Å². The molecule has 1 N–H and O–H groups in total. The van der Waals surface area contributed by atoms with Gasteiger partial charge in [-0.2, -0.15) is 0 Å². The Bertz CT molecular complexity index is 526. The van der Waals surface area contributed by atoms with Crippen LogP contribution in [0.25, 0.3) is 0 Å². The molecule has 2 rings (SSSR count). The standard InChI is InChI=1S/C17H21NO2/c1-14-8-9-16(17(12-14)20-11-10-19-2)18-13-15-6-4-3-5-7-15/h3-9,12,18H,10-11,13H2,1-2H3. The van der Waals surface area contributed by atoms with Crippen LogP contribution in [0, 0.1) is 6.92 Å². The van der Waals surface area contributed by atoms with Crippen molar-refractivity contribution in [2.75, 3.05) is 25.6 Å². The predicted molar refractivity (Wildman–Crippen MR) is 82.3 cm³/mol. The molecule has 2 aromatic carbocycles. The second-order valence-electron chi connectivity index (χ2n) is 4.68. The van der Waals surface area contributed by atoms with Crippen molar-refractivity contribution in [1.29, 1.82) is 0 Å². The Morgan fingerprint density at radius 1 is 1.00 bits per heavy atom. The van der Waals surface area contributed by atoms with Crippen molar-refractivity contribution in [3.05, 3.63) is 59.7 Å². The highest BCUT2D eigenvalue weighted by molar-refractivity contribution is 5.57. The summed E-state index contributed by atoms with van der Waals surface area (Å²) in [6, 6.07) is 16.5. The smallest absolute Gasteiger partial charge is 0.142 e. The fourth-order valence-electron chi connectivity index (χ4n) is 1.92. The van der Waals surface area contributed by atoms with E-state index in [0.29, 0.717) is 13.2 Å². The average Bonchev–Trinajstić information content (AvgIpc) is 2.48. The van der Waals surface area contributed by atoms with Crippen LogP contribution in [-0.2, 0) is 11.3 Å². The van der Waals surface area contributed by atoms with Crippen LogP contribution in [0.1, 0.15) is 11.1 Å². The molecule has 0 saturated heterocycles. The SMILES string of the molecule is COCCOc1cc(C)ccc1NCc1ccccc1. The second-order valence-corrected chi connectivity index (χ2v) is 4.68. The molecular weight excluding hydrogens is 250 g/mol. The molecule has 0 bridgehead atoms. The van der Waals surface area contributed by atoms with Gasteiger partial charge in [-0.25, -0.2) is 0 Å². The molecule has 106 valence electrons. The molecule has 0 radical (unpaired) electrons. The lowest BCUT2D eigenvalue weighted by Crippen LogP contribution is -2.07. The zero-order valence-electron chi connectivity index (χ0n) is 12.1. The van der Waals surface area contributed by atoms with Crippen LogP contribution in [0.4, 0.5) is 5.69 Å². The van der Waals surface area contributed by atoms with Crippen molar-refractivity contribution in [2.45, 2.75) is 13.5 Å². The summed E-state index contributed by atoms with van der Waals surface area (Å²) in [5, 5.41) is 3.42. The number of anilines is 1. The molecular formula is C17H21NO2. The predicted octanol–water partition coefficient (Wildman–Crippen LogP) is 3.63. The number of ether oxygens (including phenoxy) is 2. The van der Waals surface area contributed by atoms with Crippen molar-refractivity contribution < 1.29 is 9.47 Å². The number of hydrogen-bond donors (Lipinski definition) is 1. The molecule has 0 aromatic heterocycles. The lowest BCUT2D eigenvalue weighted by atomic mass is 10.2. The number of methoxy groups -OCH3 is 1. The van der Waals surface area contributed by atoms with Crippen LogP contribution in [0.2, 0.25) is 0 Å². The summed E-state index contributed by atoms with van der Waals surface area (Å²) >= 11 is 0. The Labute approximate surface area is 120 Å². The molecule has 0 amide bonds. The van der Waals surface area contributed by atoms with Gasteiger partial charge in [0.1, 0.15) is 12.4 Å². The Kier molecular flexibility index (Phi) is 5.44. The Morgan fingerprint density at radius 3 is 2.55 bits per heavy atom. The minimum Gasteiger partial charge on any atom is -0.489 e. The summed E-state index contributed by atoms with van der Waals surface area (Å²) in [4.78, 5) is 0. The molecule has 20 heavy (non-hydrogen) atoms. The molecule has 0 spiro atoms. The van der Waals surface area contributed by atoms with Gasteiger partial charge in [0.25, 0.3) is 0 Å². The highest BCUT2D eigenvalue weighted by Gasteiger charge is 2.04. The first kappa shape index (κ1) is 14.4. The second kappa shape index (κ2) is 7.56. The van der Waals surface area contributed by atoms with Gasteiger partial charge in [0, 0.05) is 13.7 Å². The molecule has 0 heterocycles. The van der Waals surface area contributed by atoms with Gasteiger partial charge in [0.15, 0.2) is 0 Å². The molecule has 0 unspecified atom stereocenters. The lowest BCUT2D eigenvalue weighted by molar-refractivity contribution is 0.146. The number of hydrogen-bond acceptors (Lipinski definition) is 3. The van der Waals surface area contributed by atoms with E-state index in [2.05, 4.69) is 36.5 Å². The minimum atomic E-state index is 0.556. The summed E-state index contributed by atoms with van der Waals surface area (Å²) in [5.41, 5.74) is 3.44. The molecule has 0 aliphatic rings. The van der Waals surface area contributed by atoms with Crippen LogP contribution in [0.3, 0.4) is 0 Å². The third-order valence-corrected chi connectivity index (χ3v) is 3.01. The van der Waals surface area contributed by atoms with Crippen LogP contribution in [0.5, 0.6) is 5.75 Å². The lowest BCUT2D eigenvalue weighted by Gasteiger charge is -2.14. The van der Waals surface area contributed by atoms with Crippen molar-refractivity contribution >= 4 is 5.69 Å². The fraction of sp³-hybridized carbons (Fsp3) is 0.294. The van der Waals surface area contributed by atoms with Gasteiger partial charge in [-0.1, -0.05) is 36.4 Å². The molecule has 3 heteroatoms. The molecule has 0 aliphatic carbocycles. The third-order valence-electron chi connectivity index (χ3n) is 3.01. The molecule has 0 fully saturated rings. The summed E-state index contributed by atoms with van der Waals surface area (Å²) in [6.45, 7) is 3.99. The zero-order chi connectivity index (χ0) is 14.2. The average molecular weight is 271 g/mol. The number of rotatable bonds is 7. The van der Waals surface area contributed by atoms with Crippen molar-refractivity contribution in [2.24, 2.45) is 0 Å². The molecule has 2 aromatic rings. The first-order valence-corrected chi connectivity index (χ1v) is 6.80. The van der Waals surface area contributed by atoms with E-state index in [1.807, 2.05) is 24.3 Å². The van der Waals surface area contributed by atoms with Crippen LogP contribution < -0.4 is 10.1 Å². The van der Waals surface area contributed by atoms with Crippen LogP contribution >= 0.6 is 0 Å². The number of nitrogens with one attached hydrogen (secondary N) is 1. The molecule has 0 saturated carbocycles. The number of aryl methyl sites for hydroxylation is 1. The molecule has 3 nitrogen and oxygen atoms in total. The monoisotopic (exact) mass is 271 g/mol. The number of benzene rings is 2. The summed E-state index contributed by atoms with van der Waals surface area (Å²) < 4.78 is 10.8. The van der Waals surface area contributed by atoms with Crippen LogP contribution in [0.15, 0.2) is 48.5 Å². The quantitative estimate of drug-likeness (QED) is 0.780. The largest absolute Gasteiger partial charge is 0.489 e. The third kappa shape index (κ3) is 4.28. The van der Waals surface area contributed by atoms with Gasteiger partial charge in [0.2, 0.25) is 0 Å². The maximum absolute atomic E-state index is 5.76.